The molecule has 0 amide bonds. The van der Waals surface area contributed by atoms with Gasteiger partial charge in [-0.25, -0.2) is 9.97 Å². The van der Waals surface area contributed by atoms with Crippen LogP contribution in [-0.2, 0) is 6.42 Å². The Balaban J connectivity index is 2.50. The molecule has 0 radical (unpaired) electrons. The number of thiophene rings is 1. The molecule has 0 spiro atoms. The molecular formula is C10H7Br2ClN2S. The second-order valence-electron chi connectivity index (χ2n) is 3.09. The third kappa shape index (κ3) is 2.64. The maximum absolute atomic E-state index is 5.96. The molecule has 6 heteroatoms. The van der Waals surface area contributed by atoms with E-state index in [-0.39, 0.29) is 0 Å². The molecule has 2 heterocycles. The summed E-state index contributed by atoms with van der Waals surface area (Å²) in [6.45, 7) is 2.04. The zero-order valence-corrected chi connectivity index (χ0v) is 13.0. The maximum Gasteiger partial charge on any atom is 0.171 e. The van der Waals surface area contributed by atoms with Crippen molar-refractivity contribution >= 4 is 54.8 Å². The van der Waals surface area contributed by atoms with Gasteiger partial charge < -0.3 is 0 Å². The molecule has 0 bridgehead atoms. The van der Waals surface area contributed by atoms with Gasteiger partial charge in [0.1, 0.15) is 5.15 Å². The molecule has 2 aromatic rings. The lowest BCUT2D eigenvalue weighted by Crippen LogP contribution is -1.93. The summed E-state index contributed by atoms with van der Waals surface area (Å²) in [5.41, 5.74) is 0.954. The van der Waals surface area contributed by atoms with Crippen LogP contribution in [0, 0.1) is 0 Å². The van der Waals surface area contributed by atoms with Crippen LogP contribution in [0.2, 0.25) is 5.15 Å². The molecule has 0 aromatic carbocycles. The molecule has 0 aliphatic heterocycles. The van der Waals surface area contributed by atoms with Gasteiger partial charge in [0.25, 0.3) is 0 Å². The van der Waals surface area contributed by atoms with Gasteiger partial charge in [-0.3, -0.25) is 0 Å². The van der Waals surface area contributed by atoms with E-state index in [0.29, 0.717) is 11.0 Å². The summed E-state index contributed by atoms with van der Waals surface area (Å²) in [6, 6.07) is 3.78. The van der Waals surface area contributed by atoms with Crippen LogP contribution in [0.15, 0.2) is 20.4 Å². The summed E-state index contributed by atoms with van der Waals surface area (Å²) in [7, 11) is 0. The number of hydrogen-bond donors (Lipinski definition) is 0. The first-order valence-electron chi connectivity index (χ1n) is 4.58. The van der Waals surface area contributed by atoms with Crippen molar-refractivity contribution in [2.75, 3.05) is 0 Å². The highest BCUT2D eigenvalue weighted by atomic mass is 79.9. The van der Waals surface area contributed by atoms with Crippen molar-refractivity contribution in [1.82, 2.24) is 9.97 Å². The molecule has 0 N–H and O–H groups in total. The molecule has 2 nitrogen and oxygen atoms in total. The highest BCUT2D eigenvalue weighted by Gasteiger charge is 2.10. The summed E-state index contributed by atoms with van der Waals surface area (Å²) < 4.78 is 2.04. The van der Waals surface area contributed by atoms with Gasteiger partial charge in [0.2, 0.25) is 0 Å². The predicted octanol–water partition coefficient (Wildman–Crippen LogP) is 4.95. The number of nitrogens with zero attached hydrogens (tertiary/aromatic N) is 2. The van der Waals surface area contributed by atoms with Crippen LogP contribution in [0.3, 0.4) is 0 Å². The highest BCUT2D eigenvalue weighted by molar-refractivity contribution is 9.13. The van der Waals surface area contributed by atoms with E-state index in [1.165, 1.54) is 0 Å². The van der Waals surface area contributed by atoms with E-state index in [9.17, 15) is 0 Å². The number of aromatic nitrogens is 2. The number of rotatable bonds is 2. The zero-order valence-electron chi connectivity index (χ0n) is 8.30. The van der Waals surface area contributed by atoms with Gasteiger partial charge in [0.05, 0.1) is 8.66 Å². The monoisotopic (exact) mass is 380 g/mol. The lowest BCUT2D eigenvalue weighted by molar-refractivity contribution is 1.01. The van der Waals surface area contributed by atoms with Crippen LogP contribution in [-0.4, -0.2) is 9.97 Å². The molecule has 2 aromatic heterocycles. The van der Waals surface area contributed by atoms with E-state index in [2.05, 4.69) is 41.8 Å². The second-order valence-corrected chi connectivity index (χ2v) is 6.70. The van der Waals surface area contributed by atoms with Gasteiger partial charge in [-0.15, -0.1) is 11.3 Å². The highest BCUT2D eigenvalue weighted by Crippen LogP contribution is 2.37. The topological polar surface area (TPSA) is 25.8 Å². The first kappa shape index (κ1) is 12.5. The molecule has 0 aliphatic rings. The van der Waals surface area contributed by atoms with Crippen LogP contribution in [0.1, 0.15) is 12.6 Å². The van der Waals surface area contributed by atoms with Gasteiger partial charge in [-0.05, 0) is 50.4 Å². The van der Waals surface area contributed by atoms with E-state index >= 15 is 0 Å². The predicted molar refractivity (Wildman–Crippen MR) is 75.1 cm³/mol. The maximum atomic E-state index is 5.96. The average molecular weight is 383 g/mol. The van der Waals surface area contributed by atoms with Crippen LogP contribution in [0.5, 0.6) is 0 Å². The third-order valence-electron chi connectivity index (χ3n) is 1.98. The Bertz CT molecular complexity index is 508. The van der Waals surface area contributed by atoms with Crippen molar-refractivity contribution < 1.29 is 0 Å². The van der Waals surface area contributed by atoms with Crippen molar-refractivity contribution in [3.8, 4) is 10.7 Å². The van der Waals surface area contributed by atoms with Crippen LogP contribution in [0.4, 0.5) is 0 Å². The third-order valence-corrected chi connectivity index (χ3v) is 5.42. The molecule has 16 heavy (non-hydrogen) atoms. The molecule has 84 valence electrons. The van der Waals surface area contributed by atoms with E-state index in [0.717, 1.165) is 25.3 Å². The van der Waals surface area contributed by atoms with Gasteiger partial charge in [-0.1, -0.05) is 18.5 Å². The normalized spacial score (nSPS) is 10.8. The minimum absolute atomic E-state index is 0.488. The minimum Gasteiger partial charge on any atom is -0.232 e. The van der Waals surface area contributed by atoms with Crippen LogP contribution >= 0.6 is 54.8 Å². The average Bonchev–Trinajstić information content (AvgIpc) is 2.58. The number of hydrogen-bond acceptors (Lipinski definition) is 3. The molecular weight excluding hydrogens is 375 g/mol. The molecule has 0 unspecified atom stereocenters. The van der Waals surface area contributed by atoms with Crippen molar-refractivity contribution in [3.05, 3.63) is 31.2 Å². The molecule has 0 fully saturated rings. The zero-order chi connectivity index (χ0) is 11.7. The Kier molecular flexibility index (Phi) is 4.00. The quantitative estimate of drug-likeness (QED) is 0.687. The summed E-state index contributed by atoms with van der Waals surface area (Å²) in [5.74, 6) is 0.681. The number of halogens is 3. The molecule has 0 atom stereocenters. The minimum atomic E-state index is 0.488. The Hall–Kier alpha value is 0.0300. The summed E-state index contributed by atoms with van der Waals surface area (Å²) in [6.07, 6.45) is 0.850. The summed E-state index contributed by atoms with van der Waals surface area (Å²) in [4.78, 5) is 9.68. The van der Waals surface area contributed by atoms with E-state index < -0.39 is 0 Å². The smallest absolute Gasteiger partial charge is 0.171 e. The van der Waals surface area contributed by atoms with Crippen molar-refractivity contribution in [3.63, 3.8) is 0 Å². The Labute approximate surface area is 119 Å². The van der Waals surface area contributed by atoms with Gasteiger partial charge in [0, 0.05) is 10.2 Å². The lowest BCUT2D eigenvalue weighted by Gasteiger charge is -2.00. The molecule has 0 aliphatic carbocycles. The van der Waals surface area contributed by atoms with Gasteiger partial charge in [-0.2, -0.15) is 0 Å². The Morgan fingerprint density at radius 1 is 1.31 bits per heavy atom. The fraction of sp³-hybridized carbons (Fsp3) is 0.200. The van der Waals surface area contributed by atoms with Crippen molar-refractivity contribution in [2.24, 2.45) is 0 Å². The van der Waals surface area contributed by atoms with Crippen molar-refractivity contribution in [2.45, 2.75) is 13.3 Å². The fourth-order valence-electron chi connectivity index (χ4n) is 1.21. The van der Waals surface area contributed by atoms with E-state index in [4.69, 9.17) is 11.6 Å². The van der Waals surface area contributed by atoms with Gasteiger partial charge >= 0.3 is 0 Å². The largest absolute Gasteiger partial charge is 0.232 e. The standard InChI is InChI=1S/C10H7Br2ClN2S/c1-2-5-3-8(13)15-10(14-5)7-4-6(11)9(12)16-7/h3-4H,2H2,1H3. The first-order chi connectivity index (χ1) is 7.60. The molecule has 2 rings (SSSR count). The Morgan fingerprint density at radius 2 is 2.06 bits per heavy atom. The second kappa shape index (κ2) is 5.12. The van der Waals surface area contributed by atoms with E-state index in [1.807, 2.05) is 13.0 Å². The lowest BCUT2D eigenvalue weighted by atomic mass is 10.3. The first-order valence-corrected chi connectivity index (χ1v) is 7.37. The Morgan fingerprint density at radius 3 is 2.62 bits per heavy atom. The summed E-state index contributed by atoms with van der Waals surface area (Å²) in [5, 5.41) is 0.488. The fourth-order valence-corrected chi connectivity index (χ4v) is 3.39. The molecule has 0 saturated carbocycles. The number of aryl methyl sites for hydroxylation is 1. The van der Waals surface area contributed by atoms with E-state index in [1.54, 1.807) is 17.4 Å². The molecule has 0 saturated heterocycles. The van der Waals surface area contributed by atoms with Crippen LogP contribution < -0.4 is 0 Å². The SMILES string of the molecule is CCc1cc(Cl)nc(-c2cc(Br)c(Br)s2)n1. The van der Waals surface area contributed by atoms with Gasteiger partial charge in [0.15, 0.2) is 5.82 Å². The summed E-state index contributed by atoms with van der Waals surface area (Å²) >= 11 is 14.4. The van der Waals surface area contributed by atoms with Crippen molar-refractivity contribution in [1.29, 1.82) is 0 Å². The van der Waals surface area contributed by atoms with Crippen LogP contribution in [0.25, 0.3) is 10.7 Å².